The summed E-state index contributed by atoms with van der Waals surface area (Å²) in [4.78, 5) is 12.0. The van der Waals surface area contributed by atoms with E-state index in [0.29, 0.717) is 18.0 Å². The van der Waals surface area contributed by atoms with Crippen molar-refractivity contribution in [2.45, 2.75) is 45.4 Å². The van der Waals surface area contributed by atoms with Gasteiger partial charge in [-0.2, -0.15) is 0 Å². The van der Waals surface area contributed by atoms with Crippen LogP contribution in [0.3, 0.4) is 0 Å². The second kappa shape index (κ2) is 12.1. The van der Waals surface area contributed by atoms with E-state index in [-0.39, 0.29) is 5.91 Å². The summed E-state index contributed by atoms with van der Waals surface area (Å²) in [6.45, 7) is 2.94. The van der Waals surface area contributed by atoms with E-state index >= 15 is 0 Å². The van der Waals surface area contributed by atoms with Gasteiger partial charge in [0.25, 0.3) is 0 Å². The van der Waals surface area contributed by atoms with E-state index in [1.54, 1.807) is 0 Å². The van der Waals surface area contributed by atoms with Crippen molar-refractivity contribution in [3.63, 3.8) is 0 Å². The third kappa shape index (κ3) is 8.69. The van der Waals surface area contributed by atoms with Gasteiger partial charge in [-0.3, -0.25) is 4.79 Å². The summed E-state index contributed by atoms with van der Waals surface area (Å²) in [6.07, 6.45) is 5.85. The highest BCUT2D eigenvalue weighted by Crippen LogP contribution is 2.16. The Kier molecular flexibility index (Phi) is 9.35. The van der Waals surface area contributed by atoms with Gasteiger partial charge in [-0.05, 0) is 54.9 Å². The Morgan fingerprint density at radius 3 is 2.44 bits per heavy atom. The summed E-state index contributed by atoms with van der Waals surface area (Å²) < 4.78 is 5.72. The normalized spacial score (nSPS) is 10.3. The van der Waals surface area contributed by atoms with Crippen LogP contribution in [0.5, 0.6) is 5.75 Å². The third-order valence-corrected chi connectivity index (χ3v) is 4.32. The summed E-state index contributed by atoms with van der Waals surface area (Å²) >= 11 is 5.21. The molecule has 0 radical (unpaired) electrons. The molecule has 0 bridgehead atoms. The van der Waals surface area contributed by atoms with Crippen LogP contribution in [0, 0.1) is 0 Å². The van der Waals surface area contributed by atoms with Crippen molar-refractivity contribution in [2.24, 2.45) is 0 Å². The average molecular weight is 385 g/mol. The molecule has 2 N–H and O–H groups in total. The van der Waals surface area contributed by atoms with Crippen LogP contribution < -0.4 is 15.4 Å². The fourth-order valence-electron chi connectivity index (χ4n) is 2.61. The molecule has 0 fully saturated rings. The number of unbranched alkanes of at least 4 members (excludes halogenated alkanes) is 3. The Hall–Kier alpha value is -2.40. The molecule has 0 heterocycles. The molecule has 2 aromatic carbocycles. The summed E-state index contributed by atoms with van der Waals surface area (Å²) in [6, 6.07) is 17.5. The summed E-state index contributed by atoms with van der Waals surface area (Å²) in [5.41, 5.74) is 1.96. The number of thiocarbonyl (C=S) groups is 1. The lowest BCUT2D eigenvalue weighted by atomic mass is 10.1. The molecule has 0 unspecified atom stereocenters. The van der Waals surface area contributed by atoms with E-state index in [2.05, 4.69) is 17.6 Å². The van der Waals surface area contributed by atoms with Crippen LogP contribution in [0.2, 0.25) is 0 Å². The van der Waals surface area contributed by atoms with Gasteiger partial charge in [0.1, 0.15) is 5.75 Å². The molecule has 0 spiro atoms. The first kappa shape index (κ1) is 20.9. The summed E-state index contributed by atoms with van der Waals surface area (Å²) in [7, 11) is 0. The minimum Gasteiger partial charge on any atom is -0.494 e. The Balaban J connectivity index is 1.68. The van der Waals surface area contributed by atoms with E-state index in [1.807, 2.05) is 54.6 Å². The number of hydrogen-bond acceptors (Lipinski definition) is 3. The minimum absolute atomic E-state index is 0.0941. The molecule has 0 aliphatic carbocycles. The van der Waals surface area contributed by atoms with Gasteiger partial charge < -0.3 is 15.4 Å². The van der Waals surface area contributed by atoms with Crippen molar-refractivity contribution in [2.75, 3.05) is 11.9 Å². The molecule has 0 aliphatic rings. The SMILES string of the molecule is CCCCCCOc1ccc(NC(=S)NC(=O)CCc2ccccc2)cc1. The fourth-order valence-corrected chi connectivity index (χ4v) is 2.84. The van der Waals surface area contributed by atoms with Gasteiger partial charge in [0, 0.05) is 12.1 Å². The molecule has 2 aromatic rings. The highest BCUT2D eigenvalue weighted by Gasteiger charge is 2.06. The zero-order chi connectivity index (χ0) is 19.3. The first-order valence-electron chi connectivity index (χ1n) is 9.55. The Morgan fingerprint density at radius 2 is 1.74 bits per heavy atom. The average Bonchev–Trinajstić information content (AvgIpc) is 2.68. The lowest BCUT2D eigenvalue weighted by molar-refractivity contribution is -0.119. The number of benzene rings is 2. The highest BCUT2D eigenvalue weighted by atomic mass is 32.1. The highest BCUT2D eigenvalue weighted by molar-refractivity contribution is 7.80. The minimum atomic E-state index is -0.0941. The van der Waals surface area contributed by atoms with E-state index in [4.69, 9.17) is 17.0 Å². The van der Waals surface area contributed by atoms with Gasteiger partial charge in [0.05, 0.1) is 6.61 Å². The molecule has 4 nitrogen and oxygen atoms in total. The molecule has 144 valence electrons. The predicted octanol–water partition coefficient (Wildman–Crippen LogP) is 5.09. The number of aryl methyl sites for hydroxylation is 1. The zero-order valence-electron chi connectivity index (χ0n) is 15.9. The first-order valence-corrected chi connectivity index (χ1v) is 9.96. The molecule has 5 heteroatoms. The maximum atomic E-state index is 12.0. The number of anilines is 1. The molecule has 0 aliphatic heterocycles. The maximum absolute atomic E-state index is 12.0. The summed E-state index contributed by atoms with van der Waals surface area (Å²) in [5.74, 6) is 0.748. The third-order valence-electron chi connectivity index (χ3n) is 4.12. The number of carbonyl (C=O) groups excluding carboxylic acids is 1. The van der Waals surface area contributed by atoms with Crippen molar-refractivity contribution >= 4 is 28.9 Å². The molecule has 27 heavy (non-hydrogen) atoms. The quantitative estimate of drug-likeness (QED) is 0.442. The van der Waals surface area contributed by atoms with Crippen molar-refractivity contribution < 1.29 is 9.53 Å². The van der Waals surface area contributed by atoms with Crippen LogP contribution >= 0.6 is 12.2 Å². The van der Waals surface area contributed by atoms with E-state index in [1.165, 1.54) is 19.3 Å². The van der Waals surface area contributed by atoms with Gasteiger partial charge >= 0.3 is 0 Å². The van der Waals surface area contributed by atoms with Gasteiger partial charge in [0.15, 0.2) is 5.11 Å². The number of amides is 1. The second-order valence-electron chi connectivity index (χ2n) is 6.42. The van der Waals surface area contributed by atoms with Crippen LogP contribution in [-0.2, 0) is 11.2 Å². The van der Waals surface area contributed by atoms with Gasteiger partial charge in [-0.25, -0.2) is 0 Å². The molecule has 0 saturated carbocycles. The Bertz CT molecular complexity index is 702. The molecule has 0 saturated heterocycles. The number of carbonyl (C=O) groups is 1. The summed E-state index contributed by atoms with van der Waals surface area (Å²) in [5, 5.41) is 6.05. The number of hydrogen-bond donors (Lipinski definition) is 2. The van der Waals surface area contributed by atoms with Crippen LogP contribution in [0.15, 0.2) is 54.6 Å². The standard InChI is InChI=1S/C22H28N2O2S/c1-2-3-4-8-17-26-20-14-12-19(13-15-20)23-22(27)24-21(25)16-11-18-9-6-5-7-10-18/h5-7,9-10,12-15H,2-4,8,11,16-17H2,1H3,(H2,23,24,25,27). The van der Waals surface area contributed by atoms with Crippen molar-refractivity contribution in [3.8, 4) is 5.75 Å². The number of nitrogens with one attached hydrogen (secondary N) is 2. The smallest absolute Gasteiger partial charge is 0.226 e. The van der Waals surface area contributed by atoms with E-state index in [0.717, 1.165) is 30.0 Å². The zero-order valence-corrected chi connectivity index (χ0v) is 16.7. The Labute approximate surface area is 167 Å². The van der Waals surface area contributed by atoms with Crippen LogP contribution in [-0.4, -0.2) is 17.6 Å². The van der Waals surface area contributed by atoms with Crippen molar-refractivity contribution in [3.05, 3.63) is 60.2 Å². The lowest BCUT2D eigenvalue weighted by Crippen LogP contribution is -2.34. The number of ether oxygens (including phenoxy) is 1. The number of rotatable bonds is 10. The Morgan fingerprint density at radius 1 is 1.00 bits per heavy atom. The molecular formula is C22H28N2O2S. The monoisotopic (exact) mass is 384 g/mol. The van der Waals surface area contributed by atoms with Gasteiger partial charge in [-0.1, -0.05) is 56.5 Å². The van der Waals surface area contributed by atoms with Crippen LogP contribution in [0.25, 0.3) is 0 Å². The van der Waals surface area contributed by atoms with Gasteiger partial charge in [-0.15, -0.1) is 0 Å². The maximum Gasteiger partial charge on any atom is 0.226 e. The second-order valence-corrected chi connectivity index (χ2v) is 6.83. The first-order chi connectivity index (χ1) is 13.2. The molecule has 2 rings (SSSR count). The van der Waals surface area contributed by atoms with Crippen molar-refractivity contribution in [1.29, 1.82) is 0 Å². The fraction of sp³-hybridized carbons (Fsp3) is 0.364. The topological polar surface area (TPSA) is 50.4 Å². The molecule has 0 aromatic heterocycles. The van der Waals surface area contributed by atoms with Gasteiger partial charge in [0.2, 0.25) is 5.91 Å². The molecular weight excluding hydrogens is 356 g/mol. The van der Waals surface area contributed by atoms with Crippen LogP contribution in [0.4, 0.5) is 5.69 Å². The van der Waals surface area contributed by atoms with Crippen LogP contribution in [0.1, 0.15) is 44.6 Å². The van der Waals surface area contributed by atoms with E-state index < -0.39 is 0 Å². The predicted molar refractivity (Wildman–Crippen MR) is 115 cm³/mol. The molecule has 0 atom stereocenters. The van der Waals surface area contributed by atoms with E-state index in [9.17, 15) is 4.79 Å². The largest absolute Gasteiger partial charge is 0.494 e. The lowest BCUT2D eigenvalue weighted by Gasteiger charge is -2.11. The molecule has 1 amide bonds. The van der Waals surface area contributed by atoms with Crippen molar-refractivity contribution in [1.82, 2.24) is 5.32 Å².